The van der Waals surface area contributed by atoms with Crippen molar-refractivity contribution in [2.75, 3.05) is 0 Å². The molecular weight excluding hydrogens is 366 g/mol. The van der Waals surface area contributed by atoms with Crippen molar-refractivity contribution in [1.29, 1.82) is 0 Å². The zero-order valence-electron chi connectivity index (χ0n) is 16.7. The number of rotatable bonds is 5. The SMILES string of the molecule is O=C(c1cccc2ccccc12)[C@H](c1ccccc1)C1CCC(c2ccccc2)=N1. The van der Waals surface area contributed by atoms with Crippen LogP contribution in [-0.2, 0) is 0 Å². The molecule has 2 heteroatoms. The molecule has 0 saturated carbocycles. The second-order valence-electron chi connectivity index (χ2n) is 7.83. The van der Waals surface area contributed by atoms with Crippen LogP contribution in [0.25, 0.3) is 10.8 Å². The molecule has 0 saturated heterocycles. The molecule has 0 radical (unpaired) electrons. The summed E-state index contributed by atoms with van der Waals surface area (Å²) in [4.78, 5) is 19.0. The molecular formula is C28H23NO. The Bertz CT molecular complexity index is 1210. The fraction of sp³-hybridized carbons (Fsp3) is 0.143. The number of hydrogen-bond acceptors (Lipinski definition) is 2. The van der Waals surface area contributed by atoms with E-state index in [-0.39, 0.29) is 17.7 Å². The van der Waals surface area contributed by atoms with E-state index in [0.717, 1.165) is 46.0 Å². The number of fused-ring (bicyclic) bond motifs is 1. The summed E-state index contributed by atoms with van der Waals surface area (Å²) >= 11 is 0. The van der Waals surface area contributed by atoms with E-state index in [2.05, 4.69) is 36.4 Å². The van der Waals surface area contributed by atoms with Gasteiger partial charge < -0.3 is 0 Å². The second kappa shape index (κ2) is 8.08. The lowest BCUT2D eigenvalue weighted by Gasteiger charge is -2.22. The van der Waals surface area contributed by atoms with E-state index in [1.807, 2.05) is 66.7 Å². The van der Waals surface area contributed by atoms with Gasteiger partial charge in [-0.15, -0.1) is 0 Å². The third kappa shape index (κ3) is 3.46. The van der Waals surface area contributed by atoms with Gasteiger partial charge in [-0.3, -0.25) is 9.79 Å². The molecule has 0 aromatic heterocycles. The monoisotopic (exact) mass is 389 g/mol. The van der Waals surface area contributed by atoms with Gasteiger partial charge in [-0.2, -0.15) is 0 Å². The Morgan fingerprint density at radius 1 is 0.767 bits per heavy atom. The summed E-state index contributed by atoms with van der Waals surface area (Å²) < 4.78 is 0. The van der Waals surface area contributed by atoms with Crippen molar-refractivity contribution in [3.05, 3.63) is 120 Å². The van der Waals surface area contributed by atoms with Gasteiger partial charge in [-0.1, -0.05) is 103 Å². The minimum absolute atomic E-state index is 0.0472. The maximum absolute atomic E-state index is 13.9. The molecule has 4 aromatic rings. The summed E-state index contributed by atoms with van der Waals surface area (Å²) in [5.41, 5.74) is 4.08. The Morgan fingerprint density at radius 3 is 2.23 bits per heavy atom. The van der Waals surface area contributed by atoms with Gasteiger partial charge in [0.15, 0.2) is 5.78 Å². The van der Waals surface area contributed by atoms with Crippen molar-refractivity contribution in [2.45, 2.75) is 24.8 Å². The molecule has 5 rings (SSSR count). The number of carbonyl (C=O) groups is 1. The van der Waals surface area contributed by atoms with Gasteiger partial charge in [0.2, 0.25) is 0 Å². The molecule has 0 amide bonds. The van der Waals surface area contributed by atoms with Crippen molar-refractivity contribution in [3.63, 3.8) is 0 Å². The van der Waals surface area contributed by atoms with Crippen LogP contribution in [0.3, 0.4) is 0 Å². The van der Waals surface area contributed by atoms with Crippen molar-refractivity contribution in [1.82, 2.24) is 0 Å². The maximum atomic E-state index is 13.9. The maximum Gasteiger partial charge on any atom is 0.173 e. The fourth-order valence-corrected chi connectivity index (χ4v) is 4.52. The third-order valence-electron chi connectivity index (χ3n) is 5.99. The average Bonchev–Trinajstić information content (AvgIpc) is 3.30. The third-order valence-corrected chi connectivity index (χ3v) is 5.99. The van der Waals surface area contributed by atoms with E-state index in [1.54, 1.807) is 0 Å². The van der Waals surface area contributed by atoms with Crippen LogP contribution in [-0.4, -0.2) is 17.5 Å². The summed E-state index contributed by atoms with van der Waals surface area (Å²) in [5.74, 6) is -0.126. The van der Waals surface area contributed by atoms with Crippen LogP contribution in [0.1, 0.15) is 40.2 Å². The molecule has 4 aromatic carbocycles. The Kier molecular flexibility index (Phi) is 4.98. The van der Waals surface area contributed by atoms with E-state index >= 15 is 0 Å². The molecule has 0 aliphatic carbocycles. The normalized spacial score (nSPS) is 16.9. The highest BCUT2D eigenvalue weighted by molar-refractivity contribution is 6.11. The standard InChI is InChI=1S/C28H23NO/c30-28(24-17-9-15-20-10-7-8-16-23(20)24)27(22-13-5-2-6-14-22)26-19-18-25(29-26)21-11-3-1-4-12-21/h1-17,26-27H,18-19H2/t26?,27-/m1/s1. The second-order valence-corrected chi connectivity index (χ2v) is 7.83. The van der Waals surface area contributed by atoms with Crippen LogP contribution in [0.5, 0.6) is 0 Å². The predicted molar refractivity (Wildman–Crippen MR) is 123 cm³/mol. The Labute approximate surface area is 176 Å². The van der Waals surface area contributed by atoms with Crippen LogP contribution in [0.2, 0.25) is 0 Å². The zero-order chi connectivity index (χ0) is 20.3. The minimum Gasteiger partial charge on any atom is -0.293 e. The molecule has 1 unspecified atom stereocenters. The van der Waals surface area contributed by atoms with Crippen LogP contribution in [0.4, 0.5) is 0 Å². The molecule has 146 valence electrons. The first-order valence-corrected chi connectivity index (χ1v) is 10.5. The van der Waals surface area contributed by atoms with E-state index in [1.165, 1.54) is 0 Å². The minimum atomic E-state index is -0.279. The van der Waals surface area contributed by atoms with Crippen molar-refractivity contribution in [3.8, 4) is 0 Å². The van der Waals surface area contributed by atoms with E-state index < -0.39 is 0 Å². The highest BCUT2D eigenvalue weighted by atomic mass is 16.1. The molecule has 2 nitrogen and oxygen atoms in total. The summed E-state index contributed by atoms with van der Waals surface area (Å²) in [6.45, 7) is 0. The van der Waals surface area contributed by atoms with Gasteiger partial charge in [0.1, 0.15) is 0 Å². The molecule has 0 N–H and O–H groups in total. The molecule has 1 heterocycles. The Morgan fingerprint density at radius 2 is 1.43 bits per heavy atom. The highest BCUT2D eigenvalue weighted by Crippen LogP contribution is 2.35. The first kappa shape index (κ1) is 18.5. The smallest absolute Gasteiger partial charge is 0.173 e. The molecule has 30 heavy (non-hydrogen) atoms. The van der Waals surface area contributed by atoms with Gasteiger partial charge in [0.25, 0.3) is 0 Å². The van der Waals surface area contributed by atoms with Crippen LogP contribution in [0.15, 0.2) is 108 Å². The van der Waals surface area contributed by atoms with Gasteiger partial charge >= 0.3 is 0 Å². The number of carbonyl (C=O) groups excluding carboxylic acids is 1. The Balaban J connectivity index is 1.58. The van der Waals surface area contributed by atoms with Gasteiger partial charge in [-0.05, 0) is 34.7 Å². The van der Waals surface area contributed by atoms with Crippen LogP contribution < -0.4 is 0 Å². The predicted octanol–water partition coefficient (Wildman–Crippen LogP) is 6.46. The molecule has 0 fully saturated rings. The summed E-state index contributed by atoms with van der Waals surface area (Å²) in [5, 5.41) is 2.10. The number of ketones is 1. The molecule has 1 aliphatic rings. The Hall–Kier alpha value is -3.52. The van der Waals surface area contributed by atoms with Crippen molar-refractivity contribution in [2.24, 2.45) is 4.99 Å². The number of hydrogen-bond donors (Lipinski definition) is 0. The first-order chi connectivity index (χ1) is 14.8. The highest BCUT2D eigenvalue weighted by Gasteiger charge is 2.34. The van der Waals surface area contributed by atoms with Crippen molar-refractivity contribution < 1.29 is 4.79 Å². The fourth-order valence-electron chi connectivity index (χ4n) is 4.52. The lowest BCUT2D eigenvalue weighted by atomic mass is 9.82. The van der Waals surface area contributed by atoms with Gasteiger partial charge in [0, 0.05) is 11.3 Å². The van der Waals surface area contributed by atoms with E-state index in [0.29, 0.717) is 0 Å². The first-order valence-electron chi connectivity index (χ1n) is 10.5. The summed E-state index contributed by atoms with van der Waals surface area (Å²) in [7, 11) is 0. The molecule has 0 spiro atoms. The summed E-state index contributed by atoms with van der Waals surface area (Å²) in [6.07, 6.45) is 1.79. The van der Waals surface area contributed by atoms with Gasteiger partial charge in [0.05, 0.1) is 12.0 Å². The number of benzene rings is 4. The quantitative estimate of drug-likeness (QED) is 0.360. The molecule has 1 aliphatic heterocycles. The summed E-state index contributed by atoms with van der Waals surface area (Å²) in [6, 6.07) is 34.5. The zero-order valence-corrected chi connectivity index (χ0v) is 16.7. The largest absolute Gasteiger partial charge is 0.293 e. The number of Topliss-reactive ketones (excluding diaryl/α,β-unsaturated/α-hetero) is 1. The average molecular weight is 389 g/mol. The number of nitrogens with zero attached hydrogens (tertiary/aromatic N) is 1. The van der Waals surface area contributed by atoms with Crippen LogP contribution in [0, 0.1) is 0 Å². The topological polar surface area (TPSA) is 29.4 Å². The van der Waals surface area contributed by atoms with Crippen molar-refractivity contribution >= 4 is 22.3 Å². The number of aliphatic imine (C=N–C) groups is 1. The molecule has 0 bridgehead atoms. The van der Waals surface area contributed by atoms with Crippen LogP contribution >= 0.6 is 0 Å². The lowest BCUT2D eigenvalue weighted by molar-refractivity contribution is 0.0949. The van der Waals surface area contributed by atoms with Gasteiger partial charge in [-0.25, -0.2) is 0 Å². The van der Waals surface area contributed by atoms with E-state index in [9.17, 15) is 4.79 Å². The lowest BCUT2D eigenvalue weighted by Crippen LogP contribution is -2.24. The molecule has 2 atom stereocenters. The van der Waals surface area contributed by atoms with E-state index in [4.69, 9.17) is 4.99 Å².